The van der Waals surface area contributed by atoms with Crippen LogP contribution in [0.1, 0.15) is 19.4 Å². The second kappa shape index (κ2) is 4.19. The van der Waals surface area contributed by atoms with Crippen LogP contribution in [0.15, 0.2) is 18.2 Å². The van der Waals surface area contributed by atoms with Crippen LogP contribution in [-0.2, 0) is 6.42 Å². The van der Waals surface area contributed by atoms with Gasteiger partial charge >= 0.3 is 0 Å². The molecule has 0 aliphatic rings. The third-order valence-electron chi connectivity index (χ3n) is 2.15. The van der Waals surface area contributed by atoms with Crippen LogP contribution >= 0.6 is 0 Å². The zero-order chi connectivity index (χ0) is 11.6. The number of anilines is 1. The molecule has 1 rings (SSSR count). The van der Waals surface area contributed by atoms with Crippen molar-refractivity contribution in [2.45, 2.75) is 25.9 Å². The van der Waals surface area contributed by atoms with Gasteiger partial charge in [-0.1, -0.05) is 6.07 Å². The molecule has 0 bridgehead atoms. The number of nitrogens with zero attached hydrogens (tertiary/aromatic N) is 1. The molecule has 0 saturated heterocycles. The molecule has 2 nitrogen and oxygen atoms in total. The van der Waals surface area contributed by atoms with E-state index in [1.54, 1.807) is 19.9 Å². The highest BCUT2D eigenvalue weighted by Crippen LogP contribution is 2.24. The standard InChI is InChI=1S/C12H18FNO/c1-12(2,15)8-9-5-6-10(13)7-11(9)14(3)4/h5-7,15H,8H2,1-4H3. The summed E-state index contributed by atoms with van der Waals surface area (Å²) in [5, 5.41) is 9.73. The Bertz CT molecular complexity index is 342. The second-order valence-electron chi connectivity index (χ2n) is 4.66. The zero-order valence-corrected chi connectivity index (χ0v) is 9.71. The Kier molecular flexibility index (Phi) is 3.35. The lowest BCUT2D eigenvalue weighted by Gasteiger charge is -2.22. The van der Waals surface area contributed by atoms with E-state index in [2.05, 4.69) is 0 Å². The van der Waals surface area contributed by atoms with Crippen LogP contribution in [0.3, 0.4) is 0 Å². The van der Waals surface area contributed by atoms with E-state index in [1.807, 2.05) is 19.0 Å². The Morgan fingerprint density at radius 1 is 1.33 bits per heavy atom. The molecule has 3 heteroatoms. The topological polar surface area (TPSA) is 23.5 Å². The first-order chi connectivity index (χ1) is 6.79. The van der Waals surface area contributed by atoms with E-state index < -0.39 is 5.60 Å². The third kappa shape index (κ3) is 3.51. The van der Waals surface area contributed by atoms with Gasteiger partial charge in [0.05, 0.1) is 5.60 Å². The van der Waals surface area contributed by atoms with Gasteiger partial charge in [-0.3, -0.25) is 0 Å². The smallest absolute Gasteiger partial charge is 0.125 e. The molecule has 0 aliphatic heterocycles. The van der Waals surface area contributed by atoms with Gasteiger partial charge in [-0.05, 0) is 31.5 Å². The summed E-state index contributed by atoms with van der Waals surface area (Å²) in [6.45, 7) is 3.49. The van der Waals surface area contributed by atoms with Gasteiger partial charge in [0.2, 0.25) is 0 Å². The van der Waals surface area contributed by atoms with E-state index in [0.29, 0.717) is 6.42 Å². The third-order valence-corrected chi connectivity index (χ3v) is 2.15. The Morgan fingerprint density at radius 2 is 1.93 bits per heavy atom. The van der Waals surface area contributed by atoms with E-state index in [-0.39, 0.29) is 5.82 Å². The lowest BCUT2D eigenvalue weighted by Crippen LogP contribution is -2.23. The molecule has 0 spiro atoms. The molecule has 0 saturated carbocycles. The van der Waals surface area contributed by atoms with Gasteiger partial charge in [0.25, 0.3) is 0 Å². The number of halogens is 1. The lowest BCUT2D eigenvalue weighted by atomic mass is 9.97. The highest BCUT2D eigenvalue weighted by atomic mass is 19.1. The summed E-state index contributed by atoms with van der Waals surface area (Å²) < 4.78 is 13.1. The van der Waals surface area contributed by atoms with Crippen molar-refractivity contribution in [1.82, 2.24) is 0 Å². The summed E-state index contributed by atoms with van der Waals surface area (Å²) in [6.07, 6.45) is 0.515. The SMILES string of the molecule is CN(C)c1cc(F)ccc1CC(C)(C)O. The van der Waals surface area contributed by atoms with E-state index in [0.717, 1.165) is 11.3 Å². The van der Waals surface area contributed by atoms with E-state index in [1.165, 1.54) is 12.1 Å². The largest absolute Gasteiger partial charge is 0.390 e. The predicted molar refractivity (Wildman–Crippen MR) is 60.7 cm³/mol. The van der Waals surface area contributed by atoms with Crippen LogP contribution < -0.4 is 4.90 Å². The van der Waals surface area contributed by atoms with Gasteiger partial charge in [-0.2, -0.15) is 0 Å². The Hall–Kier alpha value is -1.09. The molecule has 0 amide bonds. The molecule has 0 radical (unpaired) electrons. The minimum absolute atomic E-state index is 0.252. The summed E-state index contributed by atoms with van der Waals surface area (Å²) >= 11 is 0. The summed E-state index contributed by atoms with van der Waals surface area (Å²) in [4.78, 5) is 1.85. The fourth-order valence-corrected chi connectivity index (χ4v) is 1.57. The van der Waals surface area contributed by atoms with Crippen molar-refractivity contribution < 1.29 is 9.50 Å². The molecule has 1 N–H and O–H groups in total. The van der Waals surface area contributed by atoms with Gasteiger partial charge in [-0.15, -0.1) is 0 Å². The fraction of sp³-hybridized carbons (Fsp3) is 0.500. The molecular weight excluding hydrogens is 193 g/mol. The summed E-state index contributed by atoms with van der Waals surface area (Å²) in [6, 6.07) is 4.64. The zero-order valence-electron chi connectivity index (χ0n) is 9.71. The molecule has 0 aliphatic carbocycles. The predicted octanol–water partition coefficient (Wildman–Crippen LogP) is 2.21. The fourth-order valence-electron chi connectivity index (χ4n) is 1.57. The average Bonchev–Trinajstić information content (AvgIpc) is 2.05. The van der Waals surface area contributed by atoms with Crippen LogP contribution in [0.5, 0.6) is 0 Å². The van der Waals surface area contributed by atoms with E-state index in [4.69, 9.17) is 0 Å². The molecule has 1 aromatic carbocycles. The van der Waals surface area contributed by atoms with Crippen LogP contribution in [-0.4, -0.2) is 24.8 Å². The maximum atomic E-state index is 13.1. The quantitative estimate of drug-likeness (QED) is 0.828. The second-order valence-corrected chi connectivity index (χ2v) is 4.66. The van der Waals surface area contributed by atoms with Crippen molar-refractivity contribution in [3.63, 3.8) is 0 Å². The van der Waals surface area contributed by atoms with Crippen molar-refractivity contribution in [2.24, 2.45) is 0 Å². The molecule has 84 valence electrons. The highest BCUT2D eigenvalue weighted by Gasteiger charge is 2.16. The van der Waals surface area contributed by atoms with Crippen LogP contribution in [0.2, 0.25) is 0 Å². The summed E-state index contributed by atoms with van der Waals surface area (Å²) in [5.41, 5.74) is 0.994. The van der Waals surface area contributed by atoms with Crippen LogP contribution in [0.4, 0.5) is 10.1 Å². The number of hydrogen-bond acceptors (Lipinski definition) is 2. The number of hydrogen-bond donors (Lipinski definition) is 1. The first kappa shape index (κ1) is 12.0. The minimum atomic E-state index is -0.775. The molecule has 0 atom stereocenters. The first-order valence-corrected chi connectivity index (χ1v) is 4.98. The van der Waals surface area contributed by atoms with Crippen molar-refractivity contribution in [1.29, 1.82) is 0 Å². The van der Waals surface area contributed by atoms with Gasteiger partial charge in [0, 0.05) is 26.2 Å². The molecule has 0 aromatic heterocycles. The number of benzene rings is 1. The lowest BCUT2D eigenvalue weighted by molar-refractivity contribution is 0.0811. The maximum Gasteiger partial charge on any atom is 0.125 e. The van der Waals surface area contributed by atoms with E-state index >= 15 is 0 Å². The summed E-state index contributed by atoms with van der Waals surface area (Å²) in [7, 11) is 3.73. The maximum absolute atomic E-state index is 13.1. The Balaban J connectivity index is 3.06. The Morgan fingerprint density at radius 3 is 2.40 bits per heavy atom. The molecule has 0 unspecified atom stereocenters. The Labute approximate surface area is 90.3 Å². The number of aliphatic hydroxyl groups is 1. The van der Waals surface area contributed by atoms with Gasteiger partial charge in [0.15, 0.2) is 0 Å². The number of rotatable bonds is 3. The highest BCUT2D eigenvalue weighted by molar-refractivity contribution is 5.53. The van der Waals surface area contributed by atoms with Crippen molar-refractivity contribution >= 4 is 5.69 Å². The average molecular weight is 211 g/mol. The van der Waals surface area contributed by atoms with Crippen molar-refractivity contribution in [3.05, 3.63) is 29.6 Å². The van der Waals surface area contributed by atoms with Crippen LogP contribution in [0, 0.1) is 5.82 Å². The normalized spacial score (nSPS) is 11.6. The van der Waals surface area contributed by atoms with Gasteiger partial charge in [-0.25, -0.2) is 4.39 Å². The van der Waals surface area contributed by atoms with Crippen LogP contribution in [0.25, 0.3) is 0 Å². The molecule has 0 fully saturated rings. The molecule has 1 aromatic rings. The minimum Gasteiger partial charge on any atom is -0.390 e. The molecule has 0 heterocycles. The summed E-state index contributed by atoms with van der Waals surface area (Å²) in [5.74, 6) is -0.252. The first-order valence-electron chi connectivity index (χ1n) is 4.98. The van der Waals surface area contributed by atoms with Crippen molar-refractivity contribution in [3.8, 4) is 0 Å². The van der Waals surface area contributed by atoms with E-state index in [9.17, 15) is 9.50 Å². The van der Waals surface area contributed by atoms with Gasteiger partial charge in [0.1, 0.15) is 5.82 Å². The van der Waals surface area contributed by atoms with Gasteiger partial charge < -0.3 is 10.0 Å². The molecular formula is C12H18FNO. The van der Waals surface area contributed by atoms with Crippen molar-refractivity contribution in [2.75, 3.05) is 19.0 Å². The monoisotopic (exact) mass is 211 g/mol. The molecule has 15 heavy (non-hydrogen) atoms.